The van der Waals surface area contributed by atoms with Crippen LogP contribution in [-0.4, -0.2) is 30.9 Å². The Hall–Kier alpha value is -3.91. The number of anilines is 1. The van der Waals surface area contributed by atoms with E-state index in [2.05, 4.69) is 4.99 Å². The van der Waals surface area contributed by atoms with Crippen LogP contribution in [0.5, 0.6) is 11.5 Å². The van der Waals surface area contributed by atoms with Crippen molar-refractivity contribution in [2.24, 2.45) is 4.99 Å². The number of aromatic nitrogens is 1. The predicted molar refractivity (Wildman–Crippen MR) is 120 cm³/mol. The highest BCUT2D eigenvalue weighted by atomic mass is 32.1. The molecule has 0 fully saturated rings. The van der Waals surface area contributed by atoms with Gasteiger partial charge in [-0.2, -0.15) is 0 Å². The zero-order chi connectivity index (χ0) is 21.4. The normalized spacial score (nSPS) is 15.0. The molecule has 1 aliphatic heterocycles. The molecule has 3 heterocycles. The van der Waals surface area contributed by atoms with Crippen molar-refractivity contribution in [3.8, 4) is 11.5 Å². The first-order valence-corrected chi connectivity index (χ1v) is 10.3. The van der Waals surface area contributed by atoms with Crippen LogP contribution in [-0.2, 0) is 4.79 Å². The molecule has 8 heteroatoms. The number of hydrogen-bond acceptors (Lipinski definition) is 7. The third kappa shape index (κ3) is 3.27. The van der Waals surface area contributed by atoms with E-state index < -0.39 is 0 Å². The molecule has 2 aromatic heterocycles. The summed E-state index contributed by atoms with van der Waals surface area (Å²) in [4.78, 5) is 24.3. The number of methoxy groups -OCH3 is 2. The fourth-order valence-corrected chi connectivity index (χ4v) is 4.43. The molecule has 0 aliphatic carbocycles. The molecule has 154 valence electrons. The number of nitrogens with zero attached hydrogens (tertiary/aromatic N) is 3. The van der Waals surface area contributed by atoms with Gasteiger partial charge < -0.3 is 13.9 Å². The molecule has 31 heavy (non-hydrogen) atoms. The van der Waals surface area contributed by atoms with Crippen molar-refractivity contribution in [1.82, 2.24) is 4.98 Å². The van der Waals surface area contributed by atoms with Gasteiger partial charge in [0.1, 0.15) is 39.0 Å². The van der Waals surface area contributed by atoms with E-state index in [0.717, 1.165) is 10.3 Å². The SMILES string of the molecule is COc1ccc(OC)c2sc(N3C(=O)C(=Cc4ccco4)N=C3c3ccccc3)nc12. The van der Waals surface area contributed by atoms with Gasteiger partial charge in [-0.1, -0.05) is 41.7 Å². The predicted octanol–water partition coefficient (Wildman–Crippen LogP) is 4.74. The second kappa shape index (κ2) is 7.73. The Kier molecular flexibility index (Phi) is 4.76. The van der Waals surface area contributed by atoms with Crippen LogP contribution in [0.15, 0.2) is 76.0 Å². The van der Waals surface area contributed by atoms with Gasteiger partial charge in [0.05, 0.1) is 20.5 Å². The molecule has 0 radical (unpaired) electrons. The number of thiazole rings is 1. The van der Waals surface area contributed by atoms with Crippen molar-refractivity contribution < 1.29 is 18.7 Å². The van der Waals surface area contributed by atoms with Crippen molar-refractivity contribution in [3.05, 3.63) is 77.9 Å². The molecule has 0 unspecified atom stereocenters. The molecule has 0 bridgehead atoms. The van der Waals surface area contributed by atoms with Gasteiger partial charge in [-0.15, -0.1) is 0 Å². The van der Waals surface area contributed by atoms with Crippen LogP contribution in [0, 0.1) is 0 Å². The fraction of sp³-hybridized carbons (Fsp3) is 0.0870. The summed E-state index contributed by atoms with van der Waals surface area (Å²) in [5.74, 6) is 2.03. The minimum absolute atomic E-state index is 0.270. The molecule has 0 saturated heterocycles. The molecule has 0 atom stereocenters. The Labute approximate surface area is 181 Å². The third-order valence-electron chi connectivity index (χ3n) is 4.80. The first-order chi connectivity index (χ1) is 15.2. The number of carbonyl (C=O) groups excluding carboxylic acids is 1. The Balaban J connectivity index is 1.68. The maximum atomic E-state index is 13.4. The monoisotopic (exact) mass is 431 g/mol. The van der Waals surface area contributed by atoms with E-state index in [9.17, 15) is 4.79 Å². The molecule has 0 saturated carbocycles. The van der Waals surface area contributed by atoms with E-state index in [4.69, 9.17) is 18.9 Å². The summed E-state index contributed by atoms with van der Waals surface area (Å²) in [5, 5.41) is 0.480. The molecular formula is C23H17N3O4S. The summed E-state index contributed by atoms with van der Waals surface area (Å²) < 4.78 is 17.1. The van der Waals surface area contributed by atoms with Crippen molar-refractivity contribution in [2.75, 3.05) is 19.1 Å². The van der Waals surface area contributed by atoms with Crippen LogP contribution in [0.25, 0.3) is 16.3 Å². The first-order valence-electron chi connectivity index (χ1n) is 9.45. The highest BCUT2D eigenvalue weighted by Crippen LogP contribution is 2.41. The van der Waals surface area contributed by atoms with Crippen molar-refractivity contribution in [2.45, 2.75) is 0 Å². The quantitative estimate of drug-likeness (QED) is 0.427. The van der Waals surface area contributed by atoms with Crippen molar-refractivity contribution in [1.29, 1.82) is 0 Å². The molecule has 1 amide bonds. The fourth-order valence-electron chi connectivity index (χ4n) is 3.35. The Bertz CT molecular complexity index is 1280. The lowest BCUT2D eigenvalue weighted by atomic mass is 10.2. The van der Waals surface area contributed by atoms with E-state index >= 15 is 0 Å². The van der Waals surface area contributed by atoms with Gasteiger partial charge in [-0.3, -0.25) is 4.79 Å². The minimum Gasteiger partial charge on any atom is -0.495 e. The van der Waals surface area contributed by atoms with Crippen LogP contribution in [0.1, 0.15) is 11.3 Å². The lowest BCUT2D eigenvalue weighted by molar-refractivity contribution is -0.113. The summed E-state index contributed by atoms with van der Waals surface area (Å²) in [6.45, 7) is 0. The molecule has 0 N–H and O–H groups in total. The number of furan rings is 1. The number of benzene rings is 2. The number of amidine groups is 1. The summed E-state index contributed by atoms with van der Waals surface area (Å²) in [5.41, 5.74) is 1.70. The first kappa shape index (κ1) is 19.1. The smallest absolute Gasteiger partial charge is 0.284 e. The lowest BCUT2D eigenvalue weighted by Gasteiger charge is -2.14. The average Bonchev–Trinajstić information content (AvgIpc) is 3.53. The van der Waals surface area contributed by atoms with Crippen LogP contribution in [0.4, 0.5) is 5.13 Å². The molecule has 1 aliphatic rings. The lowest BCUT2D eigenvalue weighted by Crippen LogP contribution is -2.32. The summed E-state index contributed by atoms with van der Waals surface area (Å²) in [7, 11) is 3.19. The van der Waals surface area contributed by atoms with E-state index in [0.29, 0.717) is 33.7 Å². The van der Waals surface area contributed by atoms with Crippen LogP contribution in [0.3, 0.4) is 0 Å². The van der Waals surface area contributed by atoms with E-state index in [1.54, 1.807) is 44.8 Å². The number of ether oxygens (including phenoxy) is 2. The number of hydrogen-bond donors (Lipinski definition) is 0. The van der Waals surface area contributed by atoms with Gasteiger partial charge >= 0.3 is 0 Å². The molecule has 2 aromatic carbocycles. The second-order valence-electron chi connectivity index (χ2n) is 6.63. The zero-order valence-electron chi connectivity index (χ0n) is 16.7. The maximum Gasteiger partial charge on any atom is 0.284 e. The largest absolute Gasteiger partial charge is 0.495 e. The topological polar surface area (TPSA) is 77.2 Å². The standard InChI is InChI=1S/C23H17N3O4S/c1-28-17-10-11-18(29-2)20-19(17)25-23(31-20)26-21(14-7-4-3-5-8-14)24-16(22(26)27)13-15-9-6-12-30-15/h3-13H,1-2H3. The van der Waals surface area contributed by atoms with Gasteiger partial charge in [-0.05, 0) is 24.3 Å². The molecule has 7 nitrogen and oxygen atoms in total. The van der Waals surface area contributed by atoms with E-state index in [-0.39, 0.29) is 11.6 Å². The number of amides is 1. The van der Waals surface area contributed by atoms with Gasteiger partial charge in [0.2, 0.25) is 0 Å². The zero-order valence-corrected chi connectivity index (χ0v) is 17.6. The Morgan fingerprint density at radius 1 is 1.00 bits per heavy atom. The summed E-state index contributed by atoms with van der Waals surface area (Å²) in [6.07, 6.45) is 3.18. The Morgan fingerprint density at radius 3 is 2.48 bits per heavy atom. The van der Waals surface area contributed by atoms with Gasteiger partial charge in [-0.25, -0.2) is 14.9 Å². The maximum absolute atomic E-state index is 13.4. The molecular weight excluding hydrogens is 414 g/mol. The van der Waals surface area contributed by atoms with Crippen LogP contribution in [0.2, 0.25) is 0 Å². The second-order valence-corrected chi connectivity index (χ2v) is 7.61. The highest BCUT2D eigenvalue weighted by molar-refractivity contribution is 7.23. The van der Waals surface area contributed by atoms with Gasteiger partial charge in [0.25, 0.3) is 5.91 Å². The summed E-state index contributed by atoms with van der Waals surface area (Å²) in [6, 6.07) is 16.7. The van der Waals surface area contributed by atoms with E-state index in [1.165, 1.54) is 16.2 Å². The minimum atomic E-state index is -0.285. The third-order valence-corrected chi connectivity index (χ3v) is 5.86. The van der Waals surface area contributed by atoms with Gasteiger partial charge in [0, 0.05) is 11.6 Å². The summed E-state index contributed by atoms with van der Waals surface area (Å²) >= 11 is 1.34. The van der Waals surface area contributed by atoms with Crippen molar-refractivity contribution >= 4 is 44.5 Å². The average molecular weight is 431 g/mol. The van der Waals surface area contributed by atoms with Gasteiger partial charge in [0.15, 0.2) is 5.13 Å². The number of carbonyl (C=O) groups is 1. The molecule has 5 rings (SSSR count). The van der Waals surface area contributed by atoms with Crippen LogP contribution >= 0.6 is 11.3 Å². The van der Waals surface area contributed by atoms with E-state index in [1.807, 2.05) is 36.4 Å². The number of aliphatic imine (C=N–C) groups is 1. The van der Waals surface area contributed by atoms with Crippen LogP contribution < -0.4 is 14.4 Å². The number of rotatable bonds is 5. The Morgan fingerprint density at radius 2 is 1.77 bits per heavy atom. The highest BCUT2D eigenvalue weighted by Gasteiger charge is 2.35. The van der Waals surface area contributed by atoms with Crippen molar-refractivity contribution in [3.63, 3.8) is 0 Å². The number of fused-ring (bicyclic) bond motifs is 1. The molecule has 0 spiro atoms. The molecule has 4 aromatic rings.